The summed E-state index contributed by atoms with van der Waals surface area (Å²) in [4.78, 5) is 18.8. The molecule has 6 atom stereocenters. The van der Waals surface area contributed by atoms with Crippen LogP contribution in [0.2, 0.25) is 0 Å². The van der Waals surface area contributed by atoms with Crippen molar-refractivity contribution in [3.8, 4) is 11.5 Å². The van der Waals surface area contributed by atoms with Crippen molar-refractivity contribution in [2.45, 2.75) is 62.4 Å². The topological polar surface area (TPSA) is 53.0 Å². The molecule has 2 heterocycles. The number of rotatable bonds is 4. The van der Waals surface area contributed by atoms with E-state index in [1.54, 1.807) is 7.11 Å². The Bertz CT molecular complexity index is 1240. The monoisotopic (exact) mass is 484 g/mol. The minimum Gasteiger partial charge on any atom is -0.504 e. The van der Waals surface area contributed by atoms with Gasteiger partial charge in [-0.25, -0.2) is 0 Å². The lowest BCUT2D eigenvalue weighted by Crippen LogP contribution is -2.70. The molecule has 2 aromatic carbocycles. The minimum atomic E-state index is -0.0662. The van der Waals surface area contributed by atoms with E-state index in [2.05, 4.69) is 15.9 Å². The first kappa shape index (κ1) is 21.5. The highest BCUT2D eigenvalue weighted by Gasteiger charge is 2.77. The fraction of sp³-hybridized carbons (Fsp3) is 0.581. The third-order valence-corrected chi connectivity index (χ3v) is 11.4. The first-order valence-electron chi connectivity index (χ1n) is 14.1. The second-order valence-electron chi connectivity index (χ2n) is 12.6. The summed E-state index contributed by atoms with van der Waals surface area (Å²) >= 11 is 0. The molecule has 1 N–H and O–H groups in total. The average molecular weight is 485 g/mol. The molecule has 5 nitrogen and oxygen atoms in total. The van der Waals surface area contributed by atoms with Gasteiger partial charge in [0, 0.05) is 41.7 Å². The molecule has 0 radical (unpaired) electrons. The number of piperidine rings is 1. The van der Waals surface area contributed by atoms with Crippen molar-refractivity contribution < 1.29 is 14.6 Å². The summed E-state index contributed by atoms with van der Waals surface area (Å²) < 4.78 is 5.66. The van der Waals surface area contributed by atoms with Gasteiger partial charge in [0.1, 0.15) is 0 Å². The predicted molar refractivity (Wildman–Crippen MR) is 137 cm³/mol. The van der Waals surface area contributed by atoms with Gasteiger partial charge in [0.25, 0.3) is 5.91 Å². The first-order valence-corrected chi connectivity index (χ1v) is 14.1. The zero-order valence-electron chi connectivity index (χ0n) is 21.2. The Morgan fingerprint density at radius 2 is 1.94 bits per heavy atom. The number of phenols is 1. The molecule has 0 spiro atoms. The largest absolute Gasteiger partial charge is 0.504 e. The van der Waals surface area contributed by atoms with E-state index in [1.807, 2.05) is 36.4 Å². The number of hydrogen-bond donors (Lipinski definition) is 1. The van der Waals surface area contributed by atoms with Crippen molar-refractivity contribution in [3.63, 3.8) is 0 Å². The summed E-state index contributed by atoms with van der Waals surface area (Å²) in [6.45, 7) is 3.22. The molecule has 5 heteroatoms. The van der Waals surface area contributed by atoms with Crippen LogP contribution in [0.3, 0.4) is 0 Å². The van der Waals surface area contributed by atoms with Crippen LogP contribution >= 0.6 is 0 Å². The molecule has 4 aliphatic carbocycles. The van der Waals surface area contributed by atoms with Crippen LogP contribution in [-0.2, 0) is 11.8 Å². The number of hydrogen-bond acceptors (Lipinski definition) is 4. The van der Waals surface area contributed by atoms with Gasteiger partial charge in [0.05, 0.1) is 7.11 Å². The van der Waals surface area contributed by atoms with E-state index in [-0.39, 0.29) is 22.8 Å². The highest BCUT2D eigenvalue weighted by Crippen LogP contribution is 2.76. The van der Waals surface area contributed by atoms with Gasteiger partial charge in [-0.3, -0.25) is 9.69 Å². The molecule has 36 heavy (non-hydrogen) atoms. The molecule has 3 saturated carbocycles. The Kier molecular flexibility index (Phi) is 4.36. The Morgan fingerprint density at radius 1 is 1.11 bits per heavy atom. The summed E-state index contributed by atoms with van der Waals surface area (Å²) in [5.41, 5.74) is 3.45. The van der Waals surface area contributed by atoms with Crippen molar-refractivity contribution >= 4 is 5.91 Å². The Hall–Kier alpha value is -2.53. The summed E-state index contributed by atoms with van der Waals surface area (Å²) in [6, 6.07) is 14.8. The molecule has 2 saturated heterocycles. The highest BCUT2D eigenvalue weighted by atomic mass is 16.5. The van der Waals surface area contributed by atoms with E-state index in [4.69, 9.17) is 4.74 Å². The molecule has 6 aliphatic rings. The quantitative estimate of drug-likeness (QED) is 0.688. The third-order valence-electron chi connectivity index (χ3n) is 11.4. The van der Waals surface area contributed by atoms with Crippen LogP contribution < -0.4 is 4.74 Å². The first-order chi connectivity index (χ1) is 17.6. The Labute approximate surface area is 213 Å². The predicted octanol–water partition coefficient (Wildman–Crippen LogP) is 4.62. The molecule has 4 bridgehead atoms. The second-order valence-corrected chi connectivity index (χ2v) is 12.6. The number of benzene rings is 2. The number of carbonyl (C=O) groups excluding carboxylic acids is 1. The maximum Gasteiger partial charge on any atom is 0.254 e. The zero-order valence-corrected chi connectivity index (χ0v) is 21.2. The molecule has 2 aromatic rings. The van der Waals surface area contributed by atoms with E-state index in [0.717, 1.165) is 50.3 Å². The summed E-state index contributed by atoms with van der Waals surface area (Å²) in [7, 11) is 1.66. The van der Waals surface area contributed by atoms with Crippen LogP contribution in [0.1, 0.15) is 60.0 Å². The van der Waals surface area contributed by atoms with Gasteiger partial charge in [-0.1, -0.05) is 24.3 Å². The fourth-order valence-corrected chi connectivity index (χ4v) is 10.2. The van der Waals surface area contributed by atoms with E-state index in [1.165, 1.54) is 36.9 Å². The van der Waals surface area contributed by atoms with Gasteiger partial charge in [-0.05, 0) is 98.4 Å². The maximum absolute atomic E-state index is 13.7. The van der Waals surface area contributed by atoms with Crippen molar-refractivity contribution in [1.29, 1.82) is 0 Å². The molecule has 5 unspecified atom stereocenters. The van der Waals surface area contributed by atoms with Crippen LogP contribution in [0.5, 0.6) is 11.5 Å². The van der Waals surface area contributed by atoms with Crippen molar-refractivity contribution in [2.24, 2.45) is 23.2 Å². The molecule has 1 amide bonds. The summed E-state index contributed by atoms with van der Waals surface area (Å²) in [5.74, 6) is 2.98. The minimum absolute atomic E-state index is 0.0662. The summed E-state index contributed by atoms with van der Waals surface area (Å²) in [5, 5.41) is 11.7. The van der Waals surface area contributed by atoms with Gasteiger partial charge in [0.15, 0.2) is 11.5 Å². The van der Waals surface area contributed by atoms with Gasteiger partial charge in [-0.2, -0.15) is 0 Å². The third kappa shape index (κ3) is 2.53. The summed E-state index contributed by atoms with van der Waals surface area (Å²) in [6.07, 6.45) is 8.35. The number of phenolic OH excluding ortho intramolecular Hbond substituents is 1. The molecular weight excluding hydrogens is 448 g/mol. The van der Waals surface area contributed by atoms with Crippen LogP contribution in [0.25, 0.3) is 0 Å². The lowest BCUT2D eigenvalue weighted by atomic mass is 9.43. The smallest absolute Gasteiger partial charge is 0.254 e. The van der Waals surface area contributed by atoms with E-state index >= 15 is 0 Å². The lowest BCUT2D eigenvalue weighted by Gasteiger charge is -2.66. The molecule has 2 aliphatic heterocycles. The van der Waals surface area contributed by atoms with Crippen LogP contribution in [0.15, 0.2) is 42.5 Å². The number of methoxy groups -OCH3 is 1. The Morgan fingerprint density at radius 3 is 2.72 bits per heavy atom. The number of amides is 1. The number of ether oxygens (including phenoxy) is 1. The molecule has 8 rings (SSSR count). The number of carbonyl (C=O) groups is 1. The van der Waals surface area contributed by atoms with Gasteiger partial charge >= 0.3 is 0 Å². The van der Waals surface area contributed by atoms with Gasteiger partial charge in [-0.15, -0.1) is 0 Å². The van der Waals surface area contributed by atoms with E-state index in [9.17, 15) is 9.90 Å². The normalized spacial score (nSPS) is 38.0. The fourth-order valence-electron chi connectivity index (χ4n) is 10.2. The van der Waals surface area contributed by atoms with Gasteiger partial charge in [0.2, 0.25) is 0 Å². The number of aromatic hydroxyl groups is 1. The molecule has 188 valence electrons. The van der Waals surface area contributed by atoms with Crippen molar-refractivity contribution in [1.82, 2.24) is 9.80 Å². The van der Waals surface area contributed by atoms with Crippen molar-refractivity contribution in [2.75, 3.05) is 26.7 Å². The standard InChI is InChI=1S/C31H36N2O3/c1-36-24-10-9-21-15-25-30-12-11-23-26(22(16-30)18-33(23)29(35)20-5-3-2-4-6-20)31(30,27(21)28(24)34)13-14-32(25)17-19-7-8-19/h2-6,9-10,19,22-23,25-26,34H,7-8,11-18H2,1H3/t22-,23?,25?,26?,30?,31?/m1/s1. The number of fused-ring (bicyclic) bond motifs is 1. The number of likely N-dealkylation sites (tertiary alicyclic amines) is 2. The lowest BCUT2D eigenvalue weighted by molar-refractivity contribution is -0.103. The van der Waals surface area contributed by atoms with E-state index in [0.29, 0.717) is 29.4 Å². The molecule has 0 aromatic heterocycles. The van der Waals surface area contributed by atoms with Crippen LogP contribution in [0.4, 0.5) is 0 Å². The molecular formula is C31H36N2O3. The SMILES string of the molecule is COc1ccc2c(c1O)C13CCN(CC4CC4)C(C2)C12CCC1C3[C@@H](CN1C(=O)c1ccccc1)C2. The van der Waals surface area contributed by atoms with Crippen LogP contribution in [0, 0.1) is 23.2 Å². The second kappa shape index (κ2) is 7.28. The zero-order chi connectivity index (χ0) is 24.2. The Balaban J connectivity index is 1.28. The molecule has 5 fully saturated rings. The van der Waals surface area contributed by atoms with Crippen molar-refractivity contribution in [3.05, 3.63) is 59.2 Å². The van der Waals surface area contributed by atoms with Crippen LogP contribution in [-0.4, -0.2) is 59.6 Å². The number of nitrogens with zero attached hydrogens (tertiary/aromatic N) is 2. The maximum atomic E-state index is 13.7. The average Bonchev–Trinajstić information content (AvgIpc) is 3.59. The van der Waals surface area contributed by atoms with Gasteiger partial charge < -0.3 is 14.7 Å². The van der Waals surface area contributed by atoms with E-state index < -0.39 is 0 Å². The highest BCUT2D eigenvalue weighted by molar-refractivity contribution is 5.94.